The molecule has 0 fully saturated rings. The summed E-state index contributed by atoms with van der Waals surface area (Å²) in [5, 5.41) is 0. The highest BCUT2D eigenvalue weighted by atomic mass is 19.1. The molecule has 0 spiro atoms. The molecule has 2 aromatic rings. The predicted molar refractivity (Wildman–Crippen MR) is 75.0 cm³/mol. The minimum atomic E-state index is -0.693. The van der Waals surface area contributed by atoms with Crippen LogP contribution in [0.25, 0.3) is 0 Å². The number of carbonyl (C=O) groups is 1. The molecule has 0 bridgehead atoms. The number of hydrogen-bond donors (Lipinski definition) is 1. The SMILES string of the molecule is COc1ccc(CC(=O)C(N)c2ccccc2)cc1F. The first-order valence-electron chi connectivity index (χ1n) is 6.27. The zero-order valence-corrected chi connectivity index (χ0v) is 11.2. The van der Waals surface area contributed by atoms with Gasteiger partial charge in [0.2, 0.25) is 0 Å². The molecule has 0 saturated heterocycles. The van der Waals surface area contributed by atoms with E-state index in [1.54, 1.807) is 18.2 Å². The van der Waals surface area contributed by atoms with Gasteiger partial charge < -0.3 is 10.5 Å². The van der Waals surface area contributed by atoms with E-state index < -0.39 is 11.9 Å². The maximum Gasteiger partial charge on any atom is 0.165 e. The fourth-order valence-corrected chi connectivity index (χ4v) is 1.98. The number of carbonyl (C=O) groups excluding carboxylic acids is 1. The van der Waals surface area contributed by atoms with Crippen molar-refractivity contribution in [2.24, 2.45) is 5.73 Å². The number of halogens is 1. The molecule has 0 aliphatic heterocycles. The zero-order chi connectivity index (χ0) is 14.5. The van der Waals surface area contributed by atoms with Crippen molar-refractivity contribution in [3.05, 3.63) is 65.5 Å². The van der Waals surface area contributed by atoms with Crippen molar-refractivity contribution >= 4 is 5.78 Å². The van der Waals surface area contributed by atoms with Gasteiger partial charge in [0.1, 0.15) is 0 Å². The van der Waals surface area contributed by atoms with Gasteiger partial charge in [-0.3, -0.25) is 4.79 Å². The number of rotatable bonds is 5. The topological polar surface area (TPSA) is 52.3 Å². The normalized spacial score (nSPS) is 11.9. The van der Waals surface area contributed by atoms with Crippen LogP contribution in [0.3, 0.4) is 0 Å². The number of benzene rings is 2. The summed E-state index contributed by atoms with van der Waals surface area (Å²) in [6.07, 6.45) is 0.0942. The van der Waals surface area contributed by atoms with E-state index in [0.29, 0.717) is 5.56 Å². The monoisotopic (exact) mass is 273 g/mol. The first-order valence-corrected chi connectivity index (χ1v) is 6.27. The Labute approximate surface area is 117 Å². The molecule has 0 radical (unpaired) electrons. The molecule has 0 aliphatic carbocycles. The zero-order valence-electron chi connectivity index (χ0n) is 11.2. The lowest BCUT2D eigenvalue weighted by Gasteiger charge is -2.11. The van der Waals surface area contributed by atoms with Gasteiger partial charge in [0, 0.05) is 6.42 Å². The summed E-state index contributed by atoms with van der Waals surface area (Å²) in [5.41, 5.74) is 7.25. The molecule has 0 amide bonds. The third-order valence-electron chi connectivity index (χ3n) is 3.10. The van der Waals surface area contributed by atoms with Crippen LogP contribution < -0.4 is 10.5 Å². The molecule has 0 heterocycles. The summed E-state index contributed by atoms with van der Waals surface area (Å²) < 4.78 is 18.4. The smallest absolute Gasteiger partial charge is 0.165 e. The van der Waals surface area contributed by atoms with Crippen LogP contribution in [0, 0.1) is 5.82 Å². The van der Waals surface area contributed by atoms with Crippen LogP contribution in [0.15, 0.2) is 48.5 Å². The van der Waals surface area contributed by atoms with Crippen LogP contribution in [-0.2, 0) is 11.2 Å². The van der Waals surface area contributed by atoms with Crippen LogP contribution in [0.2, 0.25) is 0 Å². The molecule has 2 rings (SSSR count). The number of hydrogen-bond acceptors (Lipinski definition) is 3. The van der Waals surface area contributed by atoms with Crippen LogP contribution in [0.5, 0.6) is 5.75 Å². The van der Waals surface area contributed by atoms with Crippen molar-refractivity contribution < 1.29 is 13.9 Å². The second-order valence-electron chi connectivity index (χ2n) is 4.50. The fourth-order valence-electron chi connectivity index (χ4n) is 1.98. The van der Waals surface area contributed by atoms with E-state index in [0.717, 1.165) is 5.56 Å². The van der Waals surface area contributed by atoms with Crippen molar-refractivity contribution in [2.75, 3.05) is 7.11 Å². The number of methoxy groups -OCH3 is 1. The summed E-state index contributed by atoms with van der Waals surface area (Å²) in [4.78, 5) is 12.1. The Kier molecular flexibility index (Phi) is 4.48. The van der Waals surface area contributed by atoms with Crippen molar-refractivity contribution in [2.45, 2.75) is 12.5 Å². The number of nitrogens with two attached hydrogens (primary N) is 1. The minimum Gasteiger partial charge on any atom is -0.494 e. The highest BCUT2D eigenvalue weighted by molar-refractivity contribution is 5.87. The van der Waals surface area contributed by atoms with Gasteiger partial charge in [-0.2, -0.15) is 0 Å². The molecule has 0 aliphatic rings. The number of ketones is 1. The first kappa shape index (κ1) is 14.2. The van der Waals surface area contributed by atoms with E-state index >= 15 is 0 Å². The molecule has 4 heteroatoms. The summed E-state index contributed by atoms with van der Waals surface area (Å²) >= 11 is 0. The maximum atomic E-state index is 13.6. The standard InChI is InChI=1S/C16H16FNO2/c1-20-15-8-7-11(9-13(15)17)10-14(19)16(18)12-5-3-2-4-6-12/h2-9,16H,10,18H2,1H3. The summed E-state index contributed by atoms with van der Waals surface area (Å²) in [6.45, 7) is 0. The number of ether oxygens (including phenoxy) is 1. The molecule has 104 valence electrons. The molecule has 1 unspecified atom stereocenters. The molecule has 20 heavy (non-hydrogen) atoms. The lowest BCUT2D eigenvalue weighted by atomic mass is 9.98. The van der Waals surface area contributed by atoms with E-state index in [2.05, 4.69) is 0 Å². The average molecular weight is 273 g/mol. The molecule has 1 atom stereocenters. The van der Waals surface area contributed by atoms with Crippen LogP contribution >= 0.6 is 0 Å². The predicted octanol–water partition coefficient (Wildman–Crippen LogP) is 2.65. The third kappa shape index (κ3) is 3.22. The summed E-state index contributed by atoms with van der Waals surface area (Å²) in [5.74, 6) is -0.472. The molecule has 2 aromatic carbocycles. The van der Waals surface area contributed by atoms with Crippen LogP contribution in [-0.4, -0.2) is 12.9 Å². The Morgan fingerprint density at radius 1 is 1.25 bits per heavy atom. The molecule has 2 N–H and O–H groups in total. The molecule has 3 nitrogen and oxygen atoms in total. The van der Waals surface area contributed by atoms with Crippen LogP contribution in [0.1, 0.15) is 17.2 Å². The Morgan fingerprint density at radius 2 is 1.95 bits per heavy atom. The highest BCUT2D eigenvalue weighted by Gasteiger charge is 2.16. The van der Waals surface area contributed by atoms with E-state index in [9.17, 15) is 9.18 Å². The van der Waals surface area contributed by atoms with Crippen molar-refractivity contribution in [3.63, 3.8) is 0 Å². The quantitative estimate of drug-likeness (QED) is 0.911. The van der Waals surface area contributed by atoms with E-state index in [4.69, 9.17) is 10.5 Å². The maximum absolute atomic E-state index is 13.6. The highest BCUT2D eigenvalue weighted by Crippen LogP contribution is 2.19. The van der Waals surface area contributed by atoms with Gasteiger partial charge in [0.05, 0.1) is 13.2 Å². The fraction of sp³-hybridized carbons (Fsp3) is 0.188. The van der Waals surface area contributed by atoms with Gasteiger partial charge in [-0.05, 0) is 23.3 Å². The van der Waals surface area contributed by atoms with Gasteiger partial charge in [0.25, 0.3) is 0 Å². The largest absolute Gasteiger partial charge is 0.494 e. The van der Waals surface area contributed by atoms with Crippen LogP contribution in [0.4, 0.5) is 4.39 Å². The summed E-state index contributed by atoms with van der Waals surface area (Å²) in [7, 11) is 1.40. The lowest BCUT2D eigenvalue weighted by Crippen LogP contribution is -2.23. The van der Waals surface area contributed by atoms with Gasteiger partial charge in [-0.15, -0.1) is 0 Å². The lowest BCUT2D eigenvalue weighted by molar-refractivity contribution is -0.119. The molecule has 0 saturated carbocycles. The van der Waals surface area contributed by atoms with Gasteiger partial charge in [-0.1, -0.05) is 36.4 Å². The van der Waals surface area contributed by atoms with E-state index in [-0.39, 0.29) is 18.0 Å². The van der Waals surface area contributed by atoms with Gasteiger partial charge in [-0.25, -0.2) is 4.39 Å². The van der Waals surface area contributed by atoms with Gasteiger partial charge in [0.15, 0.2) is 17.3 Å². The Hall–Kier alpha value is -2.20. The number of Topliss-reactive ketones (excluding diaryl/α,β-unsaturated/α-hetero) is 1. The second-order valence-corrected chi connectivity index (χ2v) is 4.50. The first-order chi connectivity index (χ1) is 9.61. The Morgan fingerprint density at radius 3 is 2.55 bits per heavy atom. The third-order valence-corrected chi connectivity index (χ3v) is 3.10. The average Bonchev–Trinajstić information content (AvgIpc) is 2.47. The molecule has 0 aromatic heterocycles. The van der Waals surface area contributed by atoms with E-state index in [1.807, 2.05) is 18.2 Å². The van der Waals surface area contributed by atoms with Crippen molar-refractivity contribution in [1.82, 2.24) is 0 Å². The molecular weight excluding hydrogens is 257 g/mol. The minimum absolute atomic E-state index is 0.0942. The summed E-state index contributed by atoms with van der Waals surface area (Å²) in [6, 6.07) is 12.9. The van der Waals surface area contributed by atoms with Crippen molar-refractivity contribution in [3.8, 4) is 5.75 Å². The molecular formula is C16H16FNO2. The second kappa shape index (κ2) is 6.30. The Balaban J connectivity index is 2.10. The Bertz CT molecular complexity index is 599. The van der Waals surface area contributed by atoms with E-state index in [1.165, 1.54) is 19.2 Å². The van der Waals surface area contributed by atoms with Gasteiger partial charge >= 0.3 is 0 Å². The van der Waals surface area contributed by atoms with Crippen molar-refractivity contribution in [1.29, 1.82) is 0 Å².